The number of rotatable bonds is 4. The number of hydrogen-bond acceptors (Lipinski definition) is 3. The lowest BCUT2D eigenvalue weighted by molar-refractivity contribution is 0.0685. The van der Waals surface area contributed by atoms with Gasteiger partial charge in [-0.1, -0.05) is 41.4 Å². The van der Waals surface area contributed by atoms with E-state index in [1.807, 2.05) is 19.9 Å². The van der Waals surface area contributed by atoms with Crippen LogP contribution in [0, 0.1) is 0 Å². The highest BCUT2D eigenvalue weighted by molar-refractivity contribution is 6.43. The fourth-order valence-electron chi connectivity index (χ4n) is 2.68. The highest BCUT2D eigenvalue weighted by Gasteiger charge is 2.23. The summed E-state index contributed by atoms with van der Waals surface area (Å²) in [5, 5.41) is 1.04. The summed E-state index contributed by atoms with van der Waals surface area (Å²) in [4.78, 5) is 34.0. The van der Waals surface area contributed by atoms with Crippen LogP contribution < -0.4 is 5.56 Å². The maximum Gasteiger partial charge on any atom is 0.258 e. The second kappa shape index (κ2) is 7.48. The van der Waals surface area contributed by atoms with Crippen molar-refractivity contribution in [2.45, 2.75) is 26.4 Å². The summed E-state index contributed by atoms with van der Waals surface area (Å²) >= 11 is 12.2. The number of amides is 1. The molecule has 0 fully saturated rings. The number of carbonyl (C=O) groups excluding carboxylic acids is 1. The minimum absolute atomic E-state index is 0.130. The van der Waals surface area contributed by atoms with E-state index in [0.717, 1.165) is 0 Å². The molecule has 1 N–H and O–H groups in total. The molecule has 1 heterocycles. The van der Waals surface area contributed by atoms with E-state index >= 15 is 0 Å². The molecule has 0 bridgehead atoms. The minimum atomic E-state index is -0.275. The van der Waals surface area contributed by atoms with Crippen molar-refractivity contribution < 1.29 is 4.79 Å². The van der Waals surface area contributed by atoms with E-state index in [-0.39, 0.29) is 29.1 Å². The third-order valence-electron chi connectivity index (χ3n) is 4.05. The number of hydrogen-bond donors (Lipinski definition) is 1. The van der Waals surface area contributed by atoms with Crippen LogP contribution in [0.1, 0.15) is 30.0 Å². The Hall–Kier alpha value is -2.37. The Labute approximate surface area is 160 Å². The lowest BCUT2D eigenvalue weighted by Gasteiger charge is -2.27. The van der Waals surface area contributed by atoms with Gasteiger partial charge in [0.2, 0.25) is 0 Å². The van der Waals surface area contributed by atoms with Gasteiger partial charge in [-0.15, -0.1) is 0 Å². The molecule has 5 nitrogen and oxygen atoms in total. The first-order chi connectivity index (χ1) is 12.4. The number of fused-ring (bicyclic) bond motifs is 1. The number of carbonyl (C=O) groups is 1. The van der Waals surface area contributed by atoms with Crippen molar-refractivity contribution in [3.05, 3.63) is 74.3 Å². The lowest BCUT2D eigenvalue weighted by atomic mass is 10.1. The van der Waals surface area contributed by atoms with Crippen molar-refractivity contribution >= 4 is 40.0 Å². The molecule has 0 aliphatic carbocycles. The average Bonchev–Trinajstić information content (AvgIpc) is 2.61. The first kappa shape index (κ1) is 18.4. The van der Waals surface area contributed by atoms with Crippen LogP contribution in [0.25, 0.3) is 10.9 Å². The molecule has 26 heavy (non-hydrogen) atoms. The van der Waals surface area contributed by atoms with Crippen molar-refractivity contribution in [2.75, 3.05) is 0 Å². The van der Waals surface area contributed by atoms with E-state index in [2.05, 4.69) is 9.97 Å². The molecule has 2 aromatic carbocycles. The quantitative estimate of drug-likeness (QED) is 0.723. The van der Waals surface area contributed by atoms with E-state index in [1.54, 1.807) is 41.3 Å². The van der Waals surface area contributed by atoms with Crippen LogP contribution in [0.4, 0.5) is 0 Å². The molecule has 0 spiro atoms. The molecule has 1 aromatic heterocycles. The first-order valence-electron chi connectivity index (χ1n) is 8.11. The first-order valence-corrected chi connectivity index (χ1v) is 8.87. The Bertz CT molecular complexity index is 1030. The van der Waals surface area contributed by atoms with Gasteiger partial charge in [0.15, 0.2) is 0 Å². The van der Waals surface area contributed by atoms with E-state index in [1.165, 1.54) is 0 Å². The van der Waals surface area contributed by atoms with Gasteiger partial charge >= 0.3 is 0 Å². The molecule has 3 rings (SSSR count). The molecular weight excluding hydrogens is 373 g/mol. The van der Waals surface area contributed by atoms with E-state index in [9.17, 15) is 9.59 Å². The molecule has 3 aromatic rings. The molecule has 7 heteroatoms. The molecule has 134 valence electrons. The van der Waals surface area contributed by atoms with Crippen molar-refractivity contribution in [3.8, 4) is 0 Å². The van der Waals surface area contributed by atoms with Gasteiger partial charge in [-0.2, -0.15) is 0 Å². The zero-order chi connectivity index (χ0) is 18.8. The largest absolute Gasteiger partial charge is 0.329 e. The molecule has 0 saturated heterocycles. The highest BCUT2D eigenvalue weighted by Crippen LogP contribution is 2.27. The summed E-state index contributed by atoms with van der Waals surface area (Å²) in [6.07, 6.45) is 0. The van der Waals surface area contributed by atoms with Crippen LogP contribution in [0.5, 0.6) is 0 Å². The average molecular weight is 390 g/mol. The van der Waals surface area contributed by atoms with E-state index < -0.39 is 0 Å². The fourth-order valence-corrected chi connectivity index (χ4v) is 3.07. The monoisotopic (exact) mass is 389 g/mol. The van der Waals surface area contributed by atoms with Crippen LogP contribution in [-0.4, -0.2) is 26.8 Å². The smallest absolute Gasteiger partial charge is 0.258 e. The Morgan fingerprint density at radius 1 is 1.15 bits per heavy atom. The normalized spacial score (nSPS) is 11.1. The van der Waals surface area contributed by atoms with Gasteiger partial charge in [0, 0.05) is 6.04 Å². The van der Waals surface area contributed by atoms with Crippen LogP contribution >= 0.6 is 23.2 Å². The number of benzene rings is 2. The second-order valence-electron chi connectivity index (χ2n) is 6.16. The Balaban J connectivity index is 1.98. The van der Waals surface area contributed by atoms with Gasteiger partial charge in [-0.25, -0.2) is 4.98 Å². The maximum absolute atomic E-state index is 13.0. The molecule has 0 atom stereocenters. The number of nitrogens with one attached hydrogen (secondary N) is 1. The summed E-state index contributed by atoms with van der Waals surface area (Å²) in [5.41, 5.74) is 0.668. The molecule has 0 aliphatic heterocycles. The summed E-state index contributed by atoms with van der Waals surface area (Å²) < 4.78 is 0. The predicted octanol–water partition coefficient (Wildman–Crippen LogP) is 4.28. The van der Waals surface area contributed by atoms with Crippen molar-refractivity contribution in [2.24, 2.45) is 0 Å². The highest BCUT2D eigenvalue weighted by atomic mass is 35.5. The van der Waals surface area contributed by atoms with Crippen LogP contribution in [0.3, 0.4) is 0 Å². The number of para-hydroxylation sites is 1. The minimum Gasteiger partial charge on any atom is -0.329 e. The van der Waals surface area contributed by atoms with Gasteiger partial charge in [0.25, 0.3) is 11.5 Å². The van der Waals surface area contributed by atoms with Gasteiger partial charge in [0.05, 0.1) is 33.1 Å². The summed E-state index contributed by atoms with van der Waals surface area (Å²) in [6, 6.07) is 11.9. The van der Waals surface area contributed by atoms with E-state index in [0.29, 0.717) is 27.3 Å². The van der Waals surface area contributed by atoms with Gasteiger partial charge in [-0.05, 0) is 38.1 Å². The zero-order valence-electron chi connectivity index (χ0n) is 14.3. The summed E-state index contributed by atoms with van der Waals surface area (Å²) in [5.74, 6) is 0.136. The molecule has 0 saturated carbocycles. The molecule has 0 radical (unpaired) electrons. The van der Waals surface area contributed by atoms with Crippen LogP contribution in [0.2, 0.25) is 10.0 Å². The number of aromatic nitrogens is 2. The Morgan fingerprint density at radius 3 is 2.62 bits per heavy atom. The van der Waals surface area contributed by atoms with Crippen molar-refractivity contribution in [3.63, 3.8) is 0 Å². The standard InChI is InChI=1S/C19H17Cl2N3O2/c1-11(2)24(19(26)13-7-5-8-14(20)17(13)21)10-16-22-15-9-4-3-6-12(15)18(25)23-16/h3-9,11H,10H2,1-2H3,(H,22,23,25). The number of aromatic amines is 1. The van der Waals surface area contributed by atoms with Crippen molar-refractivity contribution in [1.29, 1.82) is 0 Å². The topological polar surface area (TPSA) is 66.1 Å². The zero-order valence-corrected chi connectivity index (χ0v) is 15.8. The van der Waals surface area contributed by atoms with Gasteiger partial charge < -0.3 is 9.88 Å². The van der Waals surface area contributed by atoms with Crippen molar-refractivity contribution in [1.82, 2.24) is 14.9 Å². The summed E-state index contributed by atoms with van der Waals surface area (Å²) in [6.45, 7) is 3.92. The lowest BCUT2D eigenvalue weighted by Crippen LogP contribution is -2.37. The van der Waals surface area contributed by atoms with Gasteiger partial charge in [-0.3, -0.25) is 9.59 Å². The number of H-pyrrole nitrogens is 1. The van der Waals surface area contributed by atoms with Crippen LogP contribution in [0.15, 0.2) is 47.3 Å². The molecular formula is C19H17Cl2N3O2. The second-order valence-corrected chi connectivity index (χ2v) is 6.94. The summed E-state index contributed by atoms with van der Waals surface area (Å²) in [7, 11) is 0. The number of nitrogens with zero attached hydrogens (tertiary/aromatic N) is 2. The van der Waals surface area contributed by atoms with Crippen LogP contribution in [-0.2, 0) is 6.54 Å². The molecule has 0 unspecified atom stereocenters. The Morgan fingerprint density at radius 2 is 1.88 bits per heavy atom. The SMILES string of the molecule is CC(C)N(Cc1nc2ccccc2c(=O)[nH]1)C(=O)c1cccc(Cl)c1Cl. The number of halogens is 2. The van der Waals surface area contributed by atoms with Gasteiger partial charge in [0.1, 0.15) is 5.82 Å². The predicted molar refractivity (Wildman–Crippen MR) is 104 cm³/mol. The third kappa shape index (κ3) is 3.59. The molecule has 0 aliphatic rings. The van der Waals surface area contributed by atoms with E-state index in [4.69, 9.17) is 23.2 Å². The third-order valence-corrected chi connectivity index (χ3v) is 4.87. The fraction of sp³-hybridized carbons (Fsp3) is 0.211. The molecule has 1 amide bonds. The Kier molecular flexibility index (Phi) is 5.30. The maximum atomic E-state index is 13.0.